The number of amides is 2. The molecule has 0 heterocycles. The lowest BCUT2D eigenvalue weighted by Gasteiger charge is -2.06. The Bertz CT molecular complexity index is 549. The fourth-order valence-electron chi connectivity index (χ4n) is 1.48. The summed E-state index contributed by atoms with van der Waals surface area (Å²) in [6, 6.07) is 2.60. The van der Waals surface area contributed by atoms with Gasteiger partial charge in [-0.05, 0) is 18.6 Å². The van der Waals surface area contributed by atoms with E-state index in [1.807, 2.05) is 0 Å². The van der Waals surface area contributed by atoms with E-state index in [1.54, 1.807) is 0 Å². The first-order valence-electron chi connectivity index (χ1n) is 6.12. The summed E-state index contributed by atoms with van der Waals surface area (Å²) < 4.78 is 26.0. The summed E-state index contributed by atoms with van der Waals surface area (Å²) in [5.74, 6) is -4.06. The zero-order valence-corrected chi connectivity index (χ0v) is 11.0. The highest BCUT2D eigenvalue weighted by Crippen LogP contribution is 2.09. The van der Waals surface area contributed by atoms with Crippen LogP contribution in [-0.4, -0.2) is 36.0 Å². The second-order valence-electron chi connectivity index (χ2n) is 4.15. The van der Waals surface area contributed by atoms with Gasteiger partial charge >= 0.3 is 5.97 Å². The molecule has 0 aromatic heterocycles. The summed E-state index contributed by atoms with van der Waals surface area (Å²) in [5, 5.41) is 12.9. The number of aliphatic carboxylic acids is 1. The predicted octanol–water partition coefficient (Wildman–Crippen LogP) is 0.676. The van der Waals surface area contributed by atoms with E-state index in [2.05, 4.69) is 10.6 Å². The molecule has 0 spiro atoms. The fraction of sp³-hybridized carbons (Fsp3) is 0.308. The van der Waals surface area contributed by atoms with Crippen molar-refractivity contribution in [3.05, 3.63) is 35.4 Å². The zero-order chi connectivity index (χ0) is 15.8. The molecule has 0 saturated carbocycles. The number of carboxylic acids is 1. The van der Waals surface area contributed by atoms with Crippen LogP contribution in [0.1, 0.15) is 23.2 Å². The molecule has 0 aliphatic rings. The van der Waals surface area contributed by atoms with Crippen molar-refractivity contribution in [1.29, 1.82) is 0 Å². The van der Waals surface area contributed by atoms with Crippen LogP contribution in [0.4, 0.5) is 8.78 Å². The summed E-state index contributed by atoms with van der Waals surface area (Å²) in [6.07, 6.45) is 0.291. The molecule has 1 aromatic carbocycles. The Morgan fingerprint density at radius 1 is 1.14 bits per heavy atom. The molecule has 0 saturated heterocycles. The molecule has 2 amide bonds. The van der Waals surface area contributed by atoms with Gasteiger partial charge in [0, 0.05) is 19.0 Å². The lowest BCUT2D eigenvalue weighted by atomic mass is 10.2. The quantitative estimate of drug-likeness (QED) is 0.645. The second-order valence-corrected chi connectivity index (χ2v) is 4.15. The van der Waals surface area contributed by atoms with Crippen molar-refractivity contribution >= 4 is 17.8 Å². The summed E-state index contributed by atoms with van der Waals surface area (Å²) in [6.45, 7) is -0.359. The number of hydrogen-bond donors (Lipinski definition) is 3. The monoisotopic (exact) mass is 300 g/mol. The molecule has 1 aromatic rings. The normalized spacial score (nSPS) is 10.0. The number of hydrogen-bond acceptors (Lipinski definition) is 3. The van der Waals surface area contributed by atoms with Gasteiger partial charge in [0.05, 0.1) is 5.56 Å². The molecule has 0 atom stereocenters. The van der Waals surface area contributed by atoms with Gasteiger partial charge in [-0.15, -0.1) is 0 Å². The second kappa shape index (κ2) is 7.93. The molecule has 0 fully saturated rings. The summed E-state index contributed by atoms with van der Waals surface area (Å²) in [5.41, 5.74) is -0.285. The third-order valence-corrected chi connectivity index (χ3v) is 2.48. The molecule has 3 N–H and O–H groups in total. The zero-order valence-electron chi connectivity index (χ0n) is 11.0. The van der Waals surface area contributed by atoms with E-state index < -0.39 is 36.0 Å². The fourth-order valence-corrected chi connectivity index (χ4v) is 1.48. The number of nitrogens with one attached hydrogen (secondary N) is 2. The van der Waals surface area contributed by atoms with Gasteiger partial charge in [0.2, 0.25) is 5.91 Å². The number of carbonyl (C=O) groups excluding carboxylic acids is 2. The van der Waals surface area contributed by atoms with Crippen LogP contribution in [0.2, 0.25) is 0 Å². The van der Waals surface area contributed by atoms with Crippen molar-refractivity contribution in [2.75, 3.05) is 13.1 Å². The Morgan fingerprint density at radius 2 is 1.86 bits per heavy atom. The maximum absolute atomic E-state index is 13.3. The molecule has 0 radical (unpaired) electrons. The van der Waals surface area contributed by atoms with Crippen LogP contribution in [0.5, 0.6) is 0 Å². The Labute approximate surface area is 119 Å². The third-order valence-electron chi connectivity index (χ3n) is 2.48. The van der Waals surface area contributed by atoms with E-state index in [0.29, 0.717) is 6.07 Å². The maximum Gasteiger partial charge on any atom is 0.322 e. The summed E-state index contributed by atoms with van der Waals surface area (Å²) >= 11 is 0. The van der Waals surface area contributed by atoms with E-state index in [0.717, 1.165) is 12.1 Å². The Kier molecular flexibility index (Phi) is 6.25. The van der Waals surface area contributed by atoms with E-state index in [-0.39, 0.29) is 24.9 Å². The van der Waals surface area contributed by atoms with Crippen LogP contribution in [0.25, 0.3) is 0 Å². The van der Waals surface area contributed by atoms with Crippen LogP contribution in [-0.2, 0) is 9.59 Å². The lowest BCUT2D eigenvalue weighted by Crippen LogP contribution is -2.30. The van der Waals surface area contributed by atoms with Crippen molar-refractivity contribution in [3.8, 4) is 0 Å². The van der Waals surface area contributed by atoms with Gasteiger partial charge in [-0.1, -0.05) is 0 Å². The van der Waals surface area contributed by atoms with Crippen LogP contribution < -0.4 is 10.6 Å². The van der Waals surface area contributed by atoms with Crippen molar-refractivity contribution in [3.63, 3.8) is 0 Å². The number of rotatable bonds is 7. The van der Waals surface area contributed by atoms with E-state index in [9.17, 15) is 23.2 Å². The molecule has 0 unspecified atom stereocenters. The lowest BCUT2D eigenvalue weighted by molar-refractivity contribution is -0.137. The smallest absolute Gasteiger partial charge is 0.322 e. The van der Waals surface area contributed by atoms with Crippen molar-refractivity contribution in [2.24, 2.45) is 0 Å². The van der Waals surface area contributed by atoms with Gasteiger partial charge in [0.25, 0.3) is 5.91 Å². The molecule has 1 rings (SSSR count). The molecule has 0 bridgehead atoms. The minimum Gasteiger partial charge on any atom is -0.480 e. The van der Waals surface area contributed by atoms with Crippen molar-refractivity contribution in [2.45, 2.75) is 12.8 Å². The Morgan fingerprint density at radius 3 is 2.48 bits per heavy atom. The molecular weight excluding hydrogens is 286 g/mol. The topological polar surface area (TPSA) is 95.5 Å². The molecule has 0 aliphatic heterocycles. The molecular formula is C13H14F2N2O4. The van der Waals surface area contributed by atoms with Crippen molar-refractivity contribution in [1.82, 2.24) is 10.6 Å². The number of carbonyl (C=O) groups is 3. The average molecular weight is 300 g/mol. The largest absolute Gasteiger partial charge is 0.480 e. The Balaban J connectivity index is 2.31. The maximum atomic E-state index is 13.3. The highest BCUT2D eigenvalue weighted by atomic mass is 19.1. The molecule has 21 heavy (non-hydrogen) atoms. The third kappa shape index (κ3) is 5.98. The van der Waals surface area contributed by atoms with Gasteiger partial charge in [0.1, 0.15) is 18.2 Å². The van der Waals surface area contributed by atoms with Gasteiger partial charge in [-0.2, -0.15) is 0 Å². The van der Waals surface area contributed by atoms with E-state index in [1.165, 1.54) is 0 Å². The van der Waals surface area contributed by atoms with Crippen LogP contribution in [0.3, 0.4) is 0 Å². The average Bonchev–Trinajstić information content (AvgIpc) is 2.41. The summed E-state index contributed by atoms with van der Waals surface area (Å²) in [4.78, 5) is 33.0. The highest BCUT2D eigenvalue weighted by Gasteiger charge is 2.12. The minimum absolute atomic E-state index is 0.0272. The number of halogens is 2. The van der Waals surface area contributed by atoms with Gasteiger partial charge in [0.15, 0.2) is 0 Å². The van der Waals surface area contributed by atoms with Gasteiger partial charge < -0.3 is 15.7 Å². The van der Waals surface area contributed by atoms with E-state index in [4.69, 9.17) is 5.11 Å². The standard InChI is InChI=1S/C13H14F2N2O4/c14-8-3-4-9(10(15)6-8)13(21)16-5-1-2-11(18)17-7-12(19)20/h3-4,6H,1-2,5,7H2,(H,16,21)(H,17,18)(H,19,20). The first kappa shape index (κ1) is 16.5. The van der Waals surface area contributed by atoms with E-state index >= 15 is 0 Å². The molecule has 6 nitrogen and oxygen atoms in total. The predicted molar refractivity (Wildman–Crippen MR) is 68.6 cm³/mol. The van der Waals surface area contributed by atoms with Gasteiger partial charge in [-0.25, -0.2) is 8.78 Å². The number of benzene rings is 1. The van der Waals surface area contributed by atoms with Gasteiger partial charge in [-0.3, -0.25) is 14.4 Å². The first-order valence-corrected chi connectivity index (χ1v) is 6.12. The van der Waals surface area contributed by atoms with Crippen LogP contribution in [0, 0.1) is 11.6 Å². The first-order chi connectivity index (χ1) is 9.90. The molecule has 0 aliphatic carbocycles. The number of carboxylic acid groups (broad SMARTS) is 1. The SMILES string of the molecule is O=C(O)CNC(=O)CCCNC(=O)c1ccc(F)cc1F. The summed E-state index contributed by atoms with van der Waals surface area (Å²) in [7, 11) is 0. The van der Waals surface area contributed by atoms with Crippen molar-refractivity contribution < 1.29 is 28.3 Å². The minimum atomic E-state index is -1.15. The Hall–Kier alpha value is -2.51. The van der Waals surface area contributed by atoms with Crippen LogP contribution in [0.15, 0.2) is 18.2 Å². The van der Waals surface area contributed by atoms with Crippen LogP contribution >= 0.6 is 0 Å². The highest BCUT2D eigenvalue weighted by molar-refractivity contribution is 5.94. The molecule has 8 heteroatoms. The molecule has 114 valence electrons.